The van der Waals surface area contributed by atoms with E-state index in [0.717, 1.165) is 16.7 Å². The largest absolute Gasteiger partial charge is 0.468 e. The van der Waals surface area contributed by atoms with Crippen LogP contribution in [-0.2, 0) is 19.0 Å². The van der Waals surface area contributed by atoms with Gasteiger partial charge in [0.2, 0.25) is 0 Å². The molecular formula is C28H36N2O6. The average molecular weight is 497 g/mol. The van der Waals surface area contributed by atoms with Gasteiger partial charge >= 0.3 is 12.1 Å². The van der Waals surface area contributed by atoms with Crippen LogP contribution in [0.5, 0.6) is 0 Å². The van der Waals surface area contributed by atoms with Crippen LogP contribution in [0.15, 0.2) is 54.6 Å². The zero-order valence-corrected chi connectivity index (χ0v) is 21.8. The highest BCUT2D eigenvalue weighted by Crippen LogP contribution is 2.54. The van der Waals surface area contributed by atoms with Crippen molar-refractivity contribution in [2.24, 2.45) is 5.41 Å². The fourth-order valence-corrected chi connectivity index (χ4v) is 5.71. The Morgan fingerprint density at radius 1 is 1.11 bits per heavy atom. The first-order chi connectivity index (χ1) is 16.9. The monoisotopic (exact) mass is 496 g/mol. The third-order valence-electron chi connectivity index (χ3n) is 7.27. The van der Waals surface area contributed by atoms with E-state index in [1.807, 2.05) is 89.2 Å². The van der Waals surface area contributed by atoms with Crippen molar-refractivity contribution in [1.82, 2.24) is 10.2 Å². The topological polar surface area (TPSA) is 97.3 Å². The highest BCUT2D eigenvalue weighted by molar-refractivity contribution is 5.78. The van der Waals surface area contributed by atoms with Crippen LogP contribution in [-0.4, -0.2) is 65.8 Å². The third-order valence-corrected chi connectivity index (χ3v) is 7.27. The number of methoxy groups -OCH3 is 1. The zero-order valence-electron chi connectivity index (χ0n) is 21.8. The van der Waals surface area contributed by atoms with E-state index in [9.17, 15) is 14.7 Å². The number of carbonyl (C=O) groups is 2. The van der Waals surface area contributed by atoms with Gasteiger partial charge in [0.15, 0.2) is 5.79 Å². The molecule has 1 amide bonds. The summed E-state index contributed by atoms with van der Waals surface area (Å²) in [4.78, 5) is 26.4. The van der Waals surface area contributed by atoms with Crippen LogP contribution in [0, 0.1) is 5.41 Å². The minimum absolute atomic E-state index is 0.180. The number of benzene rings is 2. The van der Waals surface area contributed by atoms with Gasteiger partial charge in [-0.3, -0.25) is 10.2 Å². The van der Waals surface area contributed by atoms with Crippen LogP contribution in [0.2, 0.25) is 0 Å². The van der Waals surface area contributed by atoms with Gasteiger partial charge in [0.05, 0.1) is 19.7 Å². The molecule has 0 saturated carbocycles. The van der Waals surface area contributed by atoms with E-state index < -0.39 is 47.1 Å². The van der Waals surface area contributed by atoms with Gasteiger partial charge in [0, 0.05) is 6.54 Å². The lowest BCUT2D eigenvalue weighted by Gasteiger charge is -2.45. The van der Waals surface area contributed by atoms with Gasteiger partial charge < -0.3 is 19.3 Å². The van der Waals surface area contributed by atoms with Crippen LogP contribution in [0.3, 0.4) is 0 Å². The van der Waals surface area contributed by atoms with Crippen molar-refractivity contribution in [3.63, 3.8) is 0 Å². The second kappa shape index (κ2) is 9.50. The summed E-state index contributed by atoms with van der Waals surface area (Å²) in [5, 5.41) is 13.3. The molecule has 36 heavy (non-hydrogen) atoms. The SMILES string of the molecule is COC(=O)[C@H](NC[C@H]1N(C(=O)O)C[C@@H]2OC(C)(C)O[C@@]21C(C)(C)C)c1ccc(-c2ccccc2)cc1. The molecule has 2 aliphatic rings. The van der Waals surface area contributed by atoms with Crippen molar-refractivity contribution in [3.05, 3.63) is 60.2 Å². The van der Waals surface area contributed by atoms with Gasteiger partial charge in [-0.05, 0) is 36.0 Å². The molecule has 194 valence electrons. The highest BCUT2D eigenvalue weighted by atomic mass is 16.8. The molecule has 2 fully saturated rings. The van der Waals surface area contributed by atoms with Crippen molar-refractivity contribution in [3.8, 4) is 11.1 Å². The van der Waals surface area contributed by atoms with Crippen LogP contribution >= 0.6 is 0 Å². The predicted molar refractivity (Wildman–Crippen MR) is 135 cm³/mol. The fourth-order valence-electron chi connectivity index (χ4n) is 5.71. The van der Waals surface area contributed by atoms with E-state index in [1.54, 1.807) is 0 Å². The Kier molecular flexibility index (Phi) is 6.90. The number of amides is 1. The second-order valence-corrected chi connectivity index (χ2v) is 11.0. The molecule has 2 aromatic rings. The molecule has 2 aromatic carbocycles. The quantitative estimate of drug-likeness (QED) is 0.570. The Labute approximate surface area is 212 Å². The fraction of sp³-hybridized carbons (Fsp3) is 0.500. The average Bonchev–Trinajstić information content (AvgIpc) is 3.28. The number of carboxylic acid groups (broad SMARTS) is 1. The lowest BCUT2D eigenvalue weighted by Crippen LogP contribution is -2.61. The van der Waals surface area contributed by atoms with E-state index >= 15 is 0 Å². The van der Waals surface area contributed by atoms with Crippen molar-refractivity contribution >= 4 is 12.1 Å². The molecule has 2 heterocycles. The number of ether oxygens (including phenoxy) is 3. The van der Waals surface area contributed by atoms with Gasteiger partial charge in [-0.2, -0.15) is 0 Å². The zero-order chi connectivity index (χ0) is 26.3. The number of likely N-dealkylation sites (tertiary alicyclic amines) is 1. The van der Waals surface area contributed by atoms with Crippen LogP contribution in [0.1, 0.15) is 46.2 Å². The maximum absolute atomic E-state index is 12.8. The van der Waals surface area contributed by atoms with Crippen LogP contribution in [0.4, 0.5) is 4.79 Å². The van der Waals surface area contributed by atoms with Crippen molar-refractivity contribution < 1.29 is 28.9 Å². The van der Waals surface area contributed by atoms with Crippen LogP contribution in [0.25, 0.3) is 11.1 Å². The summed E-state index contributed by atoms with van der Waals surface area (Å²) < 4.78 is 17.8. The molecule has 4 atom stereocenters. The number of hydrogen-bond acceptors (Lipinski definition) is 6. The van der Waals surface area contributed by atoms with Gasteiger partial charge in [-0.1, -0.05) is 75.4 Å². The minimum Gasteiger partial charge on any atom is -0.468 e. The lowest BCUT2D eigenvalue weighted by molar-refractivity contribution is -0.201. The molecule has 4 rings (SSSR count). The molecule has 0 bridgehead atoms. The van der Waals surface area contributed by atoms with E-state index in [2.05, 4.69) is 5.32 Å². The van der Waals surface area contributed by atoms with Crippen LogP contribution < -0.4 is 5.32 Å². The van der Waals surface area contributed by atoms with Crippen molar-refractivity contribution in [2.45, 2.75) is 64.2 Å². The number of fused-ring (bicyclic) bond motifs is 1. The summed E-state index contributed by atoms with van der Waals surface area (Å²) in [6.07, 6.45) is -1.48. The van der Waals surface area contributed by atoms with E-state index in [0.29, 0.717) is 0 Å². The molecule has 8 nitrogen and oxygen atoms in total. The Bertz CT molecular complexity index is 1100. The van der Waals surface area contributed by atoms with Gasteiger partial charge in [0.25, 0.3) is 0 Å². The number of hydrogen-bond donors (Lipinski definition) is 2. The Morgan fingerprint density at radius 2 is 1.72 bits per heavy atom. The molecule has 0 aromatic heterocycles. The first kappa shape index (κ1) is 26.1. The first-order valence-electron chi connectivity index (χ1n) is 12.2. The van der Waals surface area contributed by atoms with Crippen molar-refractivity contribution in [1.29, 1.82) is 0 Å². The van der Waals surface area contributed by atoms with Crippen molar-refractivity contribution in [2.75, 3.05) is 20.2 Å². The standard InChI is InChI=1S/C28H36N2O6/c1-26(2,3)28-21(30(25(32)33)17-22(28)35-27(4,5)36-28)16-29-23(24(31)34-6)20-14-12-19(13-15-20)18-10-8-7-9-11-18/h7-15,21-23,29H,16-17H2,1-6H3,(H,32,33)/t21-,22+,23-,28-/m1/s1. The van der Waals surface area contributed by atoms with Gasteiger partial charge in [0.1, 0.15) is 17.7 Å². The minimum atomic E-state index is -1.05. The lowest BCUT2D eigenvalue weighted by atomic mass is 9.70. The molecule has 0 unspecified atom stereocenters. The molecule has 2 N–H and O–H groups in total. The summed E-state index contributed by atoms with van der Waals surface area (Å²) in [6.45, 7) is 10.2. The molecule has 2 saturated heterocycles. The van der Waals surface area contributed by atoms with Gasteiger partial charge in [-0.15, -0.1) is 0 Å². The summed E-state index contributed by atoms with van der Waals surface area (Å²) in [5.41, 5.74) is 1.49. The molecule has 0 radical (unpaired) electrons. The number of carbonyl (C=O) groups excluding carboxylic acids is 1. The smallest absolute Gasteiger partial charge is 0.407 e. The maximum atomic E-state index is 12.8. The summed E-state index contributed by atoms with van der Waals surface area (Å²) in [6, 6.07) is 16.3. The molecular weight excluding hydrogens is 460 g/mol. The third kappa shape index (κ3) is 4.61. The van der Waals surface area contributed by atoms with Gasteiger partial charge in [-0.25, -0.2) is 9.59 Å². The van der Waals surface area contributed by atoms with E-state index in [1.165, 1.54) is 12.0 Å². The summed E-state index contributed by atoms with van der Waals surface area (Å²) in [7, 11) is 1.34. The molecule has 0 spiro atoms. The Hall–Kier alpha value is -2.94. The summed E-state index contributed by atoms with van der Waals surface area (Å²) >= 11 is 0. The number of esters is 1. The molecule has 0 aliphatic carbocycles. The molecule has 2 aliphatic heterocycles. The number of nitrogens with one attached hydrogen (secondary N) is 1. The second-order valence-electron chi connectivity index (χ2n) is 11.0. The molecule has 8 heteroatoms. The summed E-state index contributed by atoms with van der Waals surface area (Å²) in [5.74, 6) is -1.30. The number of rotatable bonds is 6. The Balaban J connectivity index is 1.63. The predicted octanol–water partition coefficient (Wildman–Crippen LogP) is 4.46. The number of nitrogens with zero attached hydrogens (tertiary/aromatic N) is 1. The normalized spacial score (nSPS) is 25.9. The van der Waals surface area contributed by atoms with E-state index in [-0.39, 0.29) is 13.1 Å². The van der Waals surface area contributed by atoms with E-state index in [4.69, 9.17) is 14.2 Å². The highest BCUT2D eigenvalue weighted by Gasteiger charge is 2.69. The Morgan fingerprint density at radius 3 is 2.28 bits per heavy atom. The maximum Gasteiger partial charge on any atom is 0.407 e. The first-order valence-corrected chi connectivity index (χ1v) is 12.2.